The van der Waals surface area contributed by atoms with Gasteiger partial charge in [0.25, 0.3) is 0 Å². The van der Waals surface area contributed by atoms with E-state index in [4.69, 9.17) is 14.2 Å². The highest BCUT2D eigenvalue weighted by molar-refractivity contribution is 5.78. The Balaban J connectivity index is 2.92. The van der Waals surface area contributed by atoms with Crippen LogP contribution in [-0.2, 0) is 20.7 Å². The van der Waals surface area contributed by atoms with E-state index in [1.54, 1.807) is 32.2 Å². The number of rotatable bonds is 8. The highest BCUT2D eigenvalue weighted by Crippen LogP contribution is 2.25. The minimum atomic E-state index is -0.741. The lowest BCUT2D eigenvalue weighted by Crippen LogP contribution is -2.39. The highest BCUT2D eigenvalue weighted by atomic mass is 16.5. The van der Waals surface area contributed by atoms with Crippen molar-refractivity contribution in [1.82, 2.24) is 5.32 Å². The molecule has 0 saturated carbocycles. The van der Waals surface area contributed by atoms with Crippen molar-refractivity contribution in [3.63, 3.8) is 0 Å². The molecule has 1 atom stereocenters. The van der Waals surface area contributed by atoms with Crippen molar-refractivity contribution in [3.05, 3.63) is 23.8 Å². The Labute approximate surface area is 118 Å². The topological polar surface area (TPSA) is 73.9 Å². The quantitative estimate of drug-likeness (QED) is 0.566. The van der Waals surface area contributed by atoms with Gasteiger partial charge < -0.3 is 19.5 Å². The van der Waals surface area contributed by atoms with Crippen molar-refractivity contribution in [2.45, 2.75) is 19.4 Å². The second kappa shape index (κ2) is 8.04. The smallest absolute Gasteiger partial charge is 0.328 e. The lowest BCUT2D eigenvalue weighted by Gasteiger charge is -2.16. The van der Waals surface area contributed by atoms with Crippen LogP contribution in [0.5, 0.6) is 11.5 Å². The number of hydrogen-bond acceptors (Lipinski definition) is 5. The number of benzene rings is 1. The van der Waals surface area contributed by atoms with E-state index in [9.17, 15) is 9.59 Å². The maximum atomic E-state index is 11.8. The van der Waals surface area contributed by atoms with E-state index in [2.05, 4.69) is 5.32 Å². The highest BCUT2D eigenvalue weighted by Gasteiger charge is 2.21. The summed E-state index contributed by atoms with van der Waals surface area (Å²) >= 11 is 0. The second-order valence-corrected chi connectivity index (χ2v) is 3.97. The molecule has 1 amide bonds. The fraction of sp³-hybridized carbons (Fsp3) is 0.429. The summed E-state index contributed by atoms with van der Waals surface area (Å²) in [4.78, 5) is 22.4. The number of esters is 1. The average molecular weight is 281 g/mol. The molecule has 1 rings (SSSR count). The number of amides is 1. The molecule has 20 heavy (non-hydrogen) atoms. The molecular formula is C14H19NO5. The molecule has 6 heteroatoms. The van der Waals surface area contributed by atoms with E-state index in [1.165, 1.54) is 7.11 Å². The standard InChI is InChI=1S/C14H19NO5/c1-4-20-14(17)12(15-9-16)7-10-5-6-11(18-2)8-13(10)19-3/h5-6,8-9,12H,4,7H2,1-3H3,(H,15,16). The summed E-state index contributed by atoms with van der Waals surface area (Å²) < 4.78 is 15.3. The summed E-state index contributed by atoms with van der Waals surface area (Å²) in [7, 11) is 3.09. The van der Waals surface area contributed by atoms with Gasteiger partial charge in [0.2, 0.25) is 6.41 Å². The largest absolute Gasteiger partial charge is 0.497 e. The predicted octanol–water partition coefficient (Wildman–Crippen LogP) is 0.924. The van der Waals surface area contributed by atoms with Crippen molar-refractivity contribution in [3.8, 4) is 11.5 Å². The fourth-order valence-electron chi connectivity index (χ4n) is 1.78. The van der Waals surface area contributed by atoms with Crippen LogP contribution >= 0.6 is 0 Å². The molecule has 0 aliphatic heterocycles. The summed E-state index contributed by atoms with van der Waals surface area (Å²) in [5.74, 6) is 0.769. The van der Waals surface area contributed by atoms with E-state index in [0.29, 0.717) is 17.9 Å². The van der Waals surface area contributed by atoms with Crippen molar-refractivity contribution >= 4 is 12.4 Å². The Kier molecular flexibility index (Phi) is 6.36. The summed E-state index contributed by atoms with van der Waals surface area (Å²) in [5.41, 5.74) is 0.778. The molecule has 0 heterocycles. The molecule has 0 aliphatic carbocycles. The van der Waals surface area contributed by atoms with Crippen LogP contribution in [0.15, 0.2) is 18.2 Å². The van der Waals surface area contributed by atoms with Gasteiger partial charge in [-0.2, -0.15) is 0 Å². The van der Waals surface area contributed by atoms with Crippen molar-refractivity contribution in [1.29, 1.82) is 0 Å². The Bertz CT molecular complexity index is 461. The molecule has 1 unspecified atom stereocenters. The summed E-state index contributed by atoms with van der Waals surface area (Å²) in [6.07, 6.45) is 0.766. The normalized spacial score (nSPS) is 11.3. The molecular weight excluding hydrogens is 262 g/mol. The first kappa shape index (κ1) is 15.8. The molecule has 1 N–H and O–H groups in total. The number of carbonyl (C=O) groups excluding carboxylic acids is 2. The van der Waals surface area contributed by atoms with Gasteiger partial charge in [-0.15, -0.1) is 0 Å². The lowest BCUT2D eigenvalue weighted by atomic mass is 10.0. The van der Waals surface area contributed by atoms with Gasteiger partial charge in [-0.25, -0.2) is 4.79 Å². The van der Waals surface area contributed by atoms with Crippen molar-refractivity contribution in [2.24, 2.45) is 0 Å². The van der Waals surface area contributed by atoms with Gasteiger partial charge in [-0.3, -0.25) is 4.79 Å². The molecule has 110 valence electrons. The van der Waals surface area contributed by atoms with Crippen molar-refractivity contribution < 1.29 is 23.8 Å². The van der Waals surface area contributed by atoms with E-state index in [-0.39, 0.29) is 13.0 Å². The van der Waals surface area contributed by atoms with Crippen LogP contribution < -0.4 is 14.8 Å². The van der Waals surface area contributed by atoms with Crippen LogP contribution in [0.1, 0.15) is 12.5 Å². The number of hydrogen-bond donors (Lipinski definition) is 1. The predicted molar refractivity (Wildman–Crippen MR) is 72.9 cm³/mol. The van der Waals surface area contributed by atoms with Gasteiger partial charge in [-0.1, -0.05) is 6.07 Å². The number of methoxy groups -OCH3 is 2. The van der Waals surface area contributed by atoms with Gasteiger partial charge in [0, 0.05) is 12.5 Å². The van der Waals surface area contributed by atoms with Crippen LogP contribution in [-0.4, -0.2) is 39.2 Å². The molecule has 0 aromatic heterocycles. The molecule has 1 aromatic rings. The Morgan fingerprint density at radius 1 is 1.35 bits per heavy atom. The molecule has 0 radical (unpaired) electrons. The van der Waals surface area contributed by atoms with Gasteiger partial charge in [-0.05, 0) is 18.6 Å². The van der Waals surface area contributed by atoms with Gasteiger partial charge >= 0.3 is 5.97 Å². The number of nitrogens with one attached hydrogen (secondary N) is 1. The lowest BCUT2D eigenvalue weighted by molar-refractivity contribution is -0.146. The Hall–Kier alpha value is -2.24. The maximum Gasteiger partial charge on any atom is 0.328 e. The van der Waals surface area contributed by atoms with Gasteiger partial charge in [0.1, 0.15) is 17.5 Å². The zero-order valence-electron chi connectivity index (χ0n) is 11.8. The van der Waals surface area contributed by atoms with Crippen LogP contribution in [0, 0.1) is 0 Å². The first-order chi connectivity index (χ1) is 9.65. The third-order valence-corrected chi connectivity index (χ3v) is 2.76. The van der Waals surface area contributed by atoms with Crippen LogP contribution in [0.3, 0.4) is 0 Å². The average Bonchev–Trinajstić information content (AvgIpc) is 2.47. The SMILES string of the molecule is CCOC(=O)C(Cc1ccc(OC)cc1OC)NC=O. The van der Waals surface area contributed by atoms with E-state index in [0.717, 1.165) is 5.56 Å². The third kappa shape index (κ3) is 4.15. The fourth-order valence-corrected chi connectivity index (χ4v) is 1.78. The molecule has 0 saturated heterocycles. The molecule has 0 fully saturated rings. The molecule has 1 aromatic carbocycles. The van der Waals surface area contributed by atoms with E-state index < -0.39 is 12.0 Å². The Morgan fingerprint density at radius 3 is 2.65 bits per heavy atom. The first-order valence-corrected chi connectivity index (χ1v) is 6.23. The third-order valence-electron chi connectivity index (χ3n) is 2.76. The van der Waals surface area contributed by atoms with E-state index in [1.807, 2.05) is 0 Å². The Morgan fingerprint density at radius 2 is 2.10 bits per heavy atom. The zero-order chi connectivity index (χ0) is 15.0. The maximum absolute atomic E-state index is 11.8. The minimum Gasteiger partial charge on any atom is -0.497 e. The van der Waals surface area contributed by atoms with Crippen molar-refractivity contribution in [2.75, 3.05) is 20.8 Å². The van der Waals surface area contributed by atoms with E-state index >= 15 is 0 Å². The molecule has 0 aliphatic rings. The van der Waals surface area contributed by atoms with Gasteiger partial charge in [0.15, 0.2) is 0 Å². The summed E-state index contributed by atoms with van der Waals surface area (Å²) in [6.45, 7) is 1.97. The second-order valence-electron chi connectivity index (χ2n) is 3.97. The molecule has 0 spiro atoms. The van der Waals surface area contributed by atoms with Crippen LogP contribution in [0.4, 0.5) is 0 Å². The zero-order valence-corrected chi connectivity index (χ0v) is 11.8. The van der Waals surface area contributed by atoms with Crippen LogP contribution in [0.25, 0.3) is 0 Å². The summed E-state index contributed by atoms with van der Waals surface area (Å²) in [6, 6.07) is 4.53. The van der Waals surface area contributed by atoms with Crippen LogP contribution in [0.2, 0.25) is 0 Å². The summed E-state index contributed by atoms with van der Waals surface area (Å²) in [5, 5.41) is 2.45. The molecule has 0 bridgehead atoms. The number of ether oxygens (including phenoxy) is 3. The van der Waals surface area contributed by atoms with Gasteiger partial charge in [0.05, 0.1) is 20.8 Å². The molecule has 6 nitrogen and oxygen atoms in total. The first-order valence-electron chi connectivity index (χ1n) is 6.23. The minimum absolute atomic E-state index is 0.260. The number of carbonyl (C=O) groups is 2. The monoisotopic (exact) mass is 281 g/mol.